The summed E-state index contributed by atoms with van der Waals surface area (Å²) >= 11 is 1.81. The van der Waals surface area contributed by atoms with Crippen LogP contribution in [-0.4, -0.2) is 40.7 Å². The maximum atomic E-state index is 11.3. The first-order valence-corrected chi connectivity index (χ1v) is 6.12. The van der Waals surface area contributed by atoms with Crippen LogP contribution < -0.4 is 10.6 Å². The lowest BCUT2D eigenvalue weighted by Gasteiger charge is -2.23. The Morgan fingerprint density at radius 1 is 1.53 bits per heavy atom. The number of aliphatic carboxylic acids is 1. The molecule has 2 atom stereocenters. The highest BCUT2D eigenvalue weighted by atomic mass is 32.2. The lowest BCUT2D eigenvalue weighted by molar-refractivity contribution is -0.138. The maximum Gasteiger partial charge on any atom is 0.325 e. The van der Waals surface area contributed by atoms with Gasteiger partial charge in [-0.1, -0.05) is 0 Å². The van der Waals surface area contributed by atoms with Crippen LogP contribution in [0, 0.1) is 0 Å². The highest BCUT2D eigenvalue weighted by Gasteiger charge is 2.18. The van der Waals surface area contributed by atoms with Crippen LogP contribution in [0.25, 0.3) is 0 Å². The molecule has 0 spiro atoms. The summed E-state index contributed by atoms with van der Waals surface area (Å²) in [5, 5.41) is 13.7. The fourth-order valence-electron chi connectivity index (χ4n) is 1.34. The molecular weight excluding hydrogens is 216 g/mol. The van der Waals surface area contributed by atoms with E-state index < -0.39 is 18.0 Å². The van der Waals surface area contributed by atoms with E-state index in [2.05, 4.69) is 10.6 Å². The fraction of sp³-hybridized carbons (Fsp3) is 0.778. The largest absolute Gasteiger partial charge is 0.480 e. The van der Waals surface area contributed by atoms with Gasteiger partial charge in [0.15, 0.2) is 0 Å². The fourth-order valence-corrected chi connectivity index (χ4v) is 2.41. The lowest BCUT2D eigenvalue weighted by atomic mass is 10.2. The van der Waals surface area contributed by atoms with Crippen LogP contribution in [0.4, 0.5) is 4.79 Å². The van der Waals surface area contributed by atoms with Gasteiger partial charge in [-0.25, -0.2) is 4.79 Å². The molecule has 0 aromatic rings. The van der Waals surface area contributed by atoms with Crippen molar-refractivity contribution in [3.63, 3.8) is 0 Å². The standard InChI is InChI=1S/C9H16N2O3S/c1-6(8(12)13)10-9(14)11-7-3-2-4-15-5-7/h6-7H,2-5H2,1H3,(H,12,13)(H2,10,11,14)/t6-,7?/m0/s1. The molecule has 5 nitrogen and oxygen atoms in total. The van der Waals surface area contributed by atoms with Gasteiger partial charge in [0.1, 0.15) is 6.04 Å². The first kappa shape index (κ1) is 12.2. The predicted molar refractivity (Wildman–Crippen MR) is 59.1 cm³/mol. The maximum absolute atomic E-state index is 11.3. The summed E-state index contributed by atoms with van der Waals surface area (Å²) in [5.41, 5.74) is 0. The highest BCUT2D eigenvalue weighted by molar-refractivity contribution is 7.99. The van der Waals surface area contributed by atoms with E-state index in [1.54, 1.807) is 0 Å². The molecule has 1 heterocycles. The van der Waals surface area contributed by atoms with Crippen LogP contribution >= 0.6 is 11.8 Å². The van der Waals surface area contributed by atoms with Gasteiger partial charge in [0.2, 0.25) is 0 Å². The van der Waals surface area contributed by atoms with E-state index in [1.165, 1.54) is 6.92 Å². The van der Waals surface area contributed by atoms with Crippen LogP contribution in [0.15, 0.2) is 0 Å². The molecule has 15 heavy (non-hydrogen) atoms. The molecule has 6 heteroatoms. The number of nitrogens with one attached hydrogen (secondary N) is 2. The van der Waals surface area contributed by atoms with E-state index in [9.17, 15) is 9.59 Å². The minimum atomic E-state index is -1.02. The Morgan fingerprint density at radius 2 is 2.27 bits per heavy atom. The molecule has 0 aliphatic carbocycles. The average Bonchev–Trinajstić information content (AvgIpc) is 2.18. The van der Waals surface area contributed by atoms with Crippen LogP contribution in [0.3, 0.4) is 0 Å². The predicted octanol–water partition coefficient (Wildman–Crippen LogP) is 0.654. The molecule has 2 amide bonds. The summed E-state index contributed by atoms with van der Waals surface area (Å²) in [4.78, 5) is 21.8. The van der Waals surface area contributed by atoms with Crippen molar-refractivity contribution < 1.29 is 14.7 Å². The van der Waals surface area contributed by atoms with E-state index in [4.69, 9.17) is 5.11 Å². The zero-order chi connectivity index (χ0) is 11.3. The Hall–Kier alpha value is -0.910. The van der Waals surface area contributed by atoms with Gasteiger partial charge >= 0.3 is 12.0 Å². The second-order valence-corrected chi connectivity index (χ2v) is 4.74. The SMILES string of the molecule is C[C@H](NC(=O)NC1CCCSC1)C(=O)O. The minimum Gasteiger partial charge on any atom is -0.480 e. The van der Waals surface area contributed by atoms with Gasteiger partial charge in [0.05, 0.1) is 0 Å². The van der Waals surface area contributed by atoms with Crippen molar-refractivity contribution >= 4 is 23.8 Å². The summed E-state index contributed by atoms with van der Waals surface area (Å²) < 4.78 is 0. The van der Waals surface area contributed by atoms with Gasteiger partial charge in [0.25, 0.3) is 0 Å². The van der Waals surface area contributed by atoms with Crippen LogP contribution in [0.2, 0.25) is 0 Å². The summed E-state index contributed by atoms with van der Waals surface area (Å²) in [7, 11) is 0. The molecule has 1 aliphatic heterocycles. The number of amides is 2. The lowest BCUT2D eigenvalue weighted by Crippen LogP contribution is -2.49. The van der Waals surface area contributed by atoms with Crippen LogP contribution in [0.1, 0.15) is 19.8 Å². The van der Waals surface area contributed by atoms with Gasteiger partial charge < -0.3 is 15.7 Å². The molecule has 1 saturated heterocycles. The van der Waals surface area contributed by atoms with Gasteiger partial charge in [-0.15, -0.1) is 0 Å². The summed E-state index contributed by atoms with van der Waals surface area (Å²) in [6, 6.07) is -1.07. The van der Waals surface area contributed by atoms with Crippen LogP contribution in [0.5, 0.6) is 0 Å². The number of carbonyl (C=O) groups is 2. The van der Waals surface area contributed by atoms with Gasteiger partial charge in [0, 0.05) is 11.8 Å². The summed E-state index contributed by atoms with van der Waals surface area (Å²) in [5.74, 6) is 1.03. The topological polar surface area (TPSA) is 78.4 Å². The smallest absolute Gasteiger partial charge is 0.325 e. The van der Waals surface area contributed by atoms with E-state index in [1.807, 2.05) is 11.8 Å². The number of carbonyl (C=O) groups excluding carboxylic acids is 1. The minimum absolute atomic E-state index is 0.171. The Kier molecular flexibility index (Phi) is 4.74. The molecule has 0 bridgehead atoms. The quantitative estimate of drug-likeness (QED) is 0.667. The third-order valence-corrected chi connectivity index (χ3v) is 3.43. The van der Waals surface area contributed by atoms with Crippen molar-refractivity contribution in [3.05, 3.63) is 0 Å². The molecule has 1 rings (SSSR count). The summed E-state index contributed by atoms with van der Waals surface area (Å²) in [6.45, 7) is 1.44. The van der Waals surface area contributed by atoms with Crippen molar-refractivity contribution in [2.24, 2.45) is 0 Å². The molecule has 3 N–H and O–H groups in total. The van der Waals surface area contributed by atoms with Crippen molar-refractivity contribution in [3.8, 4) is 0 Å². The molecule has 1 unspecified atom stereocenters. The van der Waals surface area contributed by atoms with Crippen molar-refractivity contribution in [2.75, 3.05) is 11.5 Å². The molecule has 1 fully saturated rings. The molecule has 86 valence electrons. The molecular formula is C9H16N2O3S. The first-order chi connectivity index (χ1) is 7.09. The Morgan fingerprint density at radius 3 is 2.80 bits per heavy atom. The number of rotatable bonds is 3. The number of carboxylic acids is 1. The van der Waals surface area contributed by atoms with Crippen molar-refractivity contribution in [1.29, 1.82) is 0 Å². The van der Waals surface area contributed by atoms with Crippen molar-refractivity contribution in [2.45, 2.75) is 31.8 Å². The van der Waals surface area contributed by atoms with Gasteiger partial charge in [-0.2, -0.15) is 11.8 Å². The molecule has 0 aromatic heterocycles. The van der Waals surface area contributed by atoms with Crippen molar-refractivity contribution in [1.82, 2.24) is 10.6 Å². The van der Waals surface area contributed by atoms with E-state index in [0.29, 0.717) is 0 Å². The number of hydrogen-bond acceptors (Lipinski definition) is 3. The van der Waals surface area contributed by atoms with Gasteiger partial charge in [-0.3, -0.25) is 4.79 Å². The molecule has 1 aliphatic rings. The third kappa shape index (κ3) is 4.42. The number of thioether (sulfide) groups is 1. The van der Waals surface area contributed by atoms with E-state index in [0.717, 1.165) is 24.3 Å². The average molecular weight is 232 g/mol. The second-order valence-electron chi connectivity index (χ2n) is 3.59. The number of carboxylic acid groups (broad SMARTS) is 1. The zero-order valence-electron chi connectivity index (χ0n) is 8.66. The summed E-state index contributed by atoms with van der Waals surface area (Å²) in [6.07, 6.45) is 2.08. The highest BCUT2D eigenvalue weighted by Crippen LogP contribution is 2.16. The zero-order valence-corrected chi connectivity index (χ0v) is 9.47. The van der Waals surface area contributed by atoms with E-state index in [-0.39, 0.29) is 6.04 Å². The van der Waals surface area contributed by atoms with Crippen LogP contribution in [-0.2, 0) is 4.79 Å². The monoisotopic (exact) mass is 232 g/mol. The molecule has 0 aromatic carbocycles. The van der Waals surface area contributed by atoms with E-state index >= 15 is 0 Å². The second kappa shape index (κ2) is 5.85. The van der Waals surface area contributed by atoms with Gasteiger partial charge in [-0.05, 0) is 25.5 Å². The molecule has 0 saturated carbocycles. The Balaban J connectivity index is 2.25. The normalized spacial score (nSPS) is 22.9. The number of hydrogen-bond donors (Lipinski definition) is 3. The number of urea groups is 1. The molecule has 0 radical (unpaired) electrons. The third-order valence-electron chi connectivity index (χ3n) is 2.21. The first-order valence-electron chi connectivity index (χ1n) is 4.97. The Bertz CT molecular complexity index is 242. The Labute approximate surface area is 93.0 Å².